The molecule has 0 aliphatic heterocycles. The van der Waals surface area contributed by atoms with E-state index in [2.05, 4.69) is 20.5 Å². The fraction of sp³-hybridized carbons (Fsp3) is 0. The molecule has 6 heteroatoms. The number of nitrogens with zero attached hydrogens (tertiary/aromatic N) is 3. The van der Waals surface area contributed by atoms with Crippen molar-refractivity contribution in [2.45, 2.75) is 0 Å². The summed E-state index contributed by atoms with van der Waals surface area (Å²) in [5.74, 6) is 0.500. The van der Waals surface area contributed by atoms with Crippen molar-refractivity contribution in [3.63, 3.8) is 0 Å². The van der Waals surface area contributed by atoms with Gasteiger partial charge in [-0.15, -0.1) is 11.3 Å². The first-order chi connectivity index (χ1) is 9.31. The van der Waals surface area contributed by atoms with E-state index in [4.69, 9.17) is 5.73 Å². The number of hydrogen-bond donors (Lipinski definition) is 2. The largest absolute Gasteiger partial charge is 0.383 e. The van der Waals surface area contributed by atoms with Crippen LogP contribution < -0.4 is 11.2 Å². The molecule has 0 radical (unpaired) electrons. The lowest BCUT2D eigenvalue weighted by molar-refractivity contribution is 1.29. The lowest BCUT2D eigenvalue weighted by Gasteiger charge is -1.98. The predicted octanol–water partition coefficient (Wildman–Crippen LogP) is 2.72. The van der Waals surface area contributed by atoms with Crippen LogP contribution in [0.5, 0.6) is 0 Å². The molecule has 0 saturated carbocycles. The number of thiazole rings is 1. The maximum atomic E-state index is 5.52. The highest BCUT2D eigenvalue weighted by Crippen LogP contribution is 2.16. The van der Waals surface area contributed by atoms with Crippen LogP contribution >= 0.6 is 11.3 Å². The van der Waals surface area contributed by atoms with Gasteiger partial charge in [-0.25, -0.2) is 4.98 Å². The summed E-state index contributed by atoms with van der Waals surface area (Å²) in [5.41, 5.74) is 9.37. The van der Waals surface area contributed by atoms with Crippen molar-refractivity contribution >= 4 is 39.3 Å². The van der Waals surface area contributed by atoms with Crippen LogP contribution in [0.25, 0.3) is 10.8 Å². The van der Waals surface area contributed by atoms with Gasteiger partial charge in [-0.1, -0.05) is 12.1 Å². The standard InChI is InChI=1S/C13H11N5S/c14-12-8-19-13(17-12)18-16-6-9-1-2-10-3-4-15-7-11(10)5-9/h1-8H,14H2,(H,17,18). The molecule has 0 spiro atoms. The normalized spacial score (nSPS) is 11.2. The number of aromatic nitrogens is 2. The summed E-state index contributed by atoms with van der Waals surface area (Å²) in [5, 5.41) is 8.82. The molecule has 1 aromatic carbocycles. The van der Waals surface area contributed by atoms with Gasteiger partial charge >= 0.3 is 0 Å². The minimum absolute atomic E-state index is 0.500. The predicted molar refractivity (Wildman–Crippen MR) is 79.5 cm³/mol. The van der Waals surface area contributed by atoms with Crippen molar-refractivity contribution in [3.05, 3.63) is 47.6 Å². The smallest absolute Gasteiger partial charge is 0.205 e. The summed E-state index contributed by atoms with van der Waals surface area (Å²) < 4.78 is 0. The van der Waals surface area contributed by atoms with Gasteiger partial charge in [0.25, 0.3) is 0 Å². The van der Waals surface area contributed by atoms with E-state index < -0.39 is 0 Å². The van der Waals surface area contributed by atoms with Gasteiger partial charge in [0.2, 0.25) is 5.13 Å². The Morgan fingerprint density at radius 3 is 3.05 bits per heavy atom. The number of fused-ring (bicyclic) bond motifs is 1. The third-order valence-electron chi connectivity index (χ3n) is 2.56. The number of nitrogen functional groups attached to an aromatic ring is 1. The van der Waals surface area contributed by atoms with Gasteiger partial charge < -0.3 is 5.73 Å². The number of benzene rings is 1. The first-order valence-electron chi connectivity index (χ1n) is 5.65. The lowest BCUT2D eigenvalue weighted by Crippen LogP contribution is -1.91. The number of anilines is 2. The van der Waals surface area contributed by atoms with Crippen molar-refractivity contribution < 1.29 is 0 Å². The molecule has 94 valence electrons. The molecule has 5 nitrogen and oxygen atoms in total. The van der Waals surface area contributed by atoms with Crippen LogP contribution in [-0.2, 0) is 0 Å². The average Bonchev–Trinajstić information content (AvgIpc) is 2.84. The second kappa shape index (κ2) is 5.03. The van der Waals surface area contributed by atoms with Crippen molar-refractivity contribution in [2.75, 3.05) is 11.2 Å². The van der Waals surface area contributed by atoms with Gasteiger partial charge in [0.15, 0.2) is 0 Å². The Balaban J connectivity index is 1.77. The van der Waals surface area contributed by atoms with Crippen LogP contribution in [0.3, 0.4) is 0 Å². The SMILES string of the molecule is Nc1csc(NN=Cc2ccc3ccncc3c2)n1. The topological polar surface area (TPSA) is 76.2 Å². The minimum Gasteiger partial charge on any atom is -0.383 e. The summed E-state index contributed by atoms with van der Waals surface area (Å²) in [4.78, 5) is 8.16. The molecule has 2 heterocycles. The van der Waals surface area contributed by atoms with Crippen LogP contribution in [0.4, 0.5) is 10.9 Å². The van der Waals surface area contributed by atoms with Crippen LogP contribution in [0, 0.1) is 0 Å². The number of nitrogens with two attached hydrogens (primary N) is 1. The molecular weight excluding hydrogens is 258 g/mol. The van der Waals surface area contributed by atoms with Crippen molar-refractivity contribution in [1.82, 2.24) is 9.97 Å². The van der Waals surface area contributed by atoms with E-state index in [1.165, 1.54) is 11.3 Å². The molecule has 0 unspecified atom stereocenters. The molecule has 0 fully saturated rings. The van der Waals surface area contributed by atoms with Crippen LogP contribution in [-0.4, -0.2) is 16.2 Å². The van der Waals surface area contributed by atoms with Gasteiger partial charge in [-0.3, -0.25) is 10.4 Å². The molecule has 0 saturated heterocycles. The third kappa shape index (κ3) is 2.69. The molecule has 0 amide bonds. The fourth-order valence-corrected chi connectivity index (χ4v) is 2.23. The quantitative estimate of drug-likeness (QED) is 0.566. The Kier molecular flexibility index (Phi) is 3.07. The van der Waals surface area contributed by atoms with E-state index >= 15 is 0 Å². The van der Waals surface area contributed by atoms with Crippen LogP contribution in [0.2, 0.25) is 0 Å². The van der Waals surface area contributed by atoms with E-state index in [0.29, 0.717) is 10.9 Å². The first-order valence-corrected chi connectivity index (χ1v) is 6.53. The molecule has 0 aliphatic carbocycles. The summed E-state index contributed by atoms with van der Waals surface area (Å²) >= 11 is 1.42. The number of pyridine rings is 1. The maximum absolute atomic E-state index is 5.52. The van der Waals surface area contributed by atoms with E-state index in [1.54, 1.807) is 17.8 Å². The molecule has 0 aliphatic rings. The molecule has 19 heavy (non-hydrogen) atoms. The molecule has 3 aromatic rings. The number of rotatable bonds is 3. The van der Waals surface area contributed by atoms with E-state index in [-0.39, 0.29) is 0 Å². The summed E-state index contributed by atoms with van der Waals surface area (Å²) in [7, 11) is 0. The third-order valence-corrected chi connectivity index (χ3v) is 3.33. The Labute approximate surface area is 113 Å². The average molecular weight is 269 g/mol. The second-order valence-electron chi connectivity index (χ2n) is 3.93. The summed E-state index contributed by atoms with van der Waals surface area (Å²) in [6.07, 6.45) is 5.36. The highest BCUT2D eigenvalue weighted by atomic mass is 32.1. The van der Waals surface area contributed by atoms with Gasteiger partial charge in [0, 0.05) is 23.2 Å². The van der Waals surface area contributed by atoms with Crippen molar-refractivity contribution in [2.24, 2.45) is 5.10 Å². The maximum Gasteiger partial charge on any atom is 0.205 e. The Hall–Kier alpha value is -2.47. The van der Waals surface area contributed by atoms with Gasteiger partial charge in [0.05, 0.1) is 6.21 Å². The monoisotopic (exact) mass is 269 g/mol. The van der Waals surface area contributed by atoms with Crippen LogP contribution in [0.1, 0.15) is 5.56 Å². The highest BCUT2D eigenvalue weighted by molar-refractivity contribution is 7.14. The highest BCUT2D eigenvalue weighted by Gasteiger charge is 1.96. The molecule has 0 atom stereocenters. The zero-order chi connectivity index (χ0) is 13.1. The Morgan fingerprint density at radius 1 is 1.26 bits per heavy atom. The molecule has 0 bridgehead atoms. The molecule has 3 N–H and O–H groups in total. The van der Waals surface area contributed by atoms with Crippen molar-refractivity contribution in [3.8, 4) is 0 Å². The van der Waals surface area contributed by atoms with Gasteiger partial charge in [-0.05, 0) is 23.1 Å². The van der Waals surface area contributed by atoms with E-state index in [9.17, 15) is 0 Å². The zero-order valence-corrected chi connectivity index (χ0v) is 10.8. The van der Waals surface area contributed by atoms with Crippen LogP contribution in [0.15, 0.2) is 47.1 Å². The van der Waals surface area contributed by atoms with Gasteiger partial charge in [-0.2, -0.15) is 5.10 Å². The Morgan fingerprint density at radius 2 is 2.21 bits per heavy atom. The summed E-state index contributed by atoms with van der Waals surface area (Å²) in [6.45, 7) is 0. The molecular formula is C13H11N5S. The van der Waals surface area contributed by atoms with Crippen molar-refractivity contribution in [1.29, 1.82) is 0 Å². The fourth-order valence-electron chi connectivity index (χ4n) is 1.68. The van der Waals surface area contributed by atoms with E-state index in [0.717, 1.165) is 16.3 Å². The number of hydrogen-bond acceptors (Lipinski definition) is 6. The summed E-state index contributed by atoms with van der Waals surface area (Å²) in [6, 6.07) is 8.06. The Bertz CT molecular complexity index is 734. The molecule has 3 rings (SSSR count). The molecule has 2 aromatic heterocycles. The number of nitrogens with one attached hydrogen (secondary N) is 1. The first kappa shape index (κ1) is 11.6. The second-order valence-corrected chi connectivity index (χ2v) is 4.79. The van der Waals surface area contributed by atoms with Gasteiger partial charge in [0.1, 0.15) is 5.82 Å². The minimum atomic E-state index is 0.500. The lowest BCUT2D eigenvalue weighted by atomic mass is 10.1. The van der Waals surface area contributed by atoms with E-state index in [1.807, 2.05) is 30.5 Å². The number of hydrazone groups is 1. The zero-order valence-electron chi connectivity index (χ0n) is 9.95.